The Hall–Kier alpha value is -2.34. The highest BCUT2D eigenvalue weighted by Crippen LogP contribution is 2.11. The highest BCUT2D eigenvalue weighted by molar-refractivity contribution is 5.37. The zero-order valence-electron chi connectivity index (χ0n) is 12.2. The lowest BCUT2D eigenvalue weighted by atomic mass is 10.2. The molecule has 0 fully saturated rings. The first kappa shape index (κ1) is 13.6. The highest BCUT2D eigenvalue weighted by atomic mass is 15.2. The van der Waals surface area contributed by atoms with E-state index in [2.05, 4.69) is 32.4 Å². The average Bonchev–Trinajstić information content (AvgIpc) is 2.91. The van der Waals surface area contributed by atoms with Gasteiger partial charge in [0, 0.05) is 37.6 Å². The third-order valence-electron chi connectivity index (χ3n) is 3.51. The van der Waals surface area contributed by atoms with Crippen LogP contribution in [0.5, 0.6) is 0 Å². The number of hydrogen-bond acceptors (Lipinski definition) is 5. The Labute approximate surface area is 123 Å². The minimum absolute atomic E-state index is 0.165. The largest absolute Gasteiger partial charge is 0.308 e. The second-order valence-electron chi connectivity index (χ2n) is 5.00. The van der Waals surface area contributed by atoms with Crippen molar-refractivity contribution in [3.8, 4) is 0 Å². The topological polar surface area (TPSA) is 68.0 Å². The Kier molecular flexibility index (Phi) is 3.87. The summed E-state index contributed by atoms with van der Waals surface area (Å²) in [6.45, 7) is 4.89. The Bertz CT molecular complexity index is 736. The van der Waals surface area contributed by atoms with E-state index in [1.54, 1.807) is 12.4 Å². The molecule has 0 saturated carbocycles. The summed E-state index contributed by atoms with van der Waals surface area (Å²) in [5.41, 5.74) is 2.83. The van der Waals surface area contributed by atoms with E-state index >= 15 is 0 Å². The SMILES string of the molecule is Cc1nccnc1C(C)NCCc1nnc2ccccn12. The average molecular weight is 282 g/mol. The molecule has 6 nitrogen and oxygen atoms in total. The standard InChI is InChI=1S/C15H18N6/c1-11(15-12(2)17-8-9-18-15)16-7-6-14-20-19-13-5-3-4-10-21(13)14/h3-5,8-11,16H,6-7H2,1-2H3. The van der Waals surface area contributed by atoms with E-state index in [1.165, 1.54) is 0 Å². The third kappa shape index (κ3) is 2.90. The first-order chi connectivity index (χ1) is 10.3. The zero-order valence-corrected chi connectivity index (χ0v) is 12.2. The van der Waals surface area contributed by atoms with Gasteiger partial charge in [0.1, 0.15) is 5.82 Å². The molecule has 0 aliphatic carbocycles. The van der Waals surface area contributed by atoms with Crippen molar-refractivity contribution in [2.75, 3.05) is 6.54 Å². The van der Waals surface area contributed by atoms with Crippen molar-refractivity contribution in [1.82, 2.24) is 29.9 Å². The van der Waals surface area contributed by atoms with Crippen LogP contribution in [0.4, 0.5) is 0 Å². The van der Waals surface area contributed by atoms with Gasteiger partial charge in [-0.3, -0.25) is 14.4 Å². The van der Waals surface area contributed by atoms with Crippen molar-refractivity contribution in [2.24, 2.45) is 0 Å². The molecule has 1 N–H and O–H groups in total. The molecular weight excluding hydrogens is 264 g/mol. The Morgan fingerprint density at radius 3 is 2.90 bits per heavy atom. The number of aromatic nitrogens is 5. The van der Waals surface area contributed by atoms with Crippen molar-refractivity contribution in [1.29, 1.82) is 0 Å². The monoisotopic (exact) mass is 282 g/mol. The van der Waals surface area contributed by atoms with Gasteiger partial charge in [-0.15, -0.1) is 10.2 Å². The molecule has 21 heavy (non-hydrogen) atoms. The van der Waals surface area contributed by atoms with Gasteiger partial charge in [-0.25, -0.2) is 0 Å². The maximum atomic E-state index is 4.39. The van der Waals surface area contributed by atoms with E-state index in [4.69, 9.17) is 0 Å². The van der Waals surface area contributed by atoms with Crippen LogP contribution in [0.15, 0.2) is 36.8 Å². The summed E-state index contributed by atoms with van der Waals surface area (Å²) in [6.07, 6.45) is 6.25. The molecule has 0 radical (unpaired) electrons. The second kappa shape index (κ2) is 5.97. The molecule has 0 aliphatic rings. The van der Waals surface area contributed by atoms with Crippen LogP contribution in [0.2, 0.25) is 0 Å². The van der Waals surface area contributed by atoms with Crippen molar-refractivity contribution >= 4 is 5.65 Å². The van der Waals surface area contributed by atoms with Gasteiger partial charge in [-0.05, 0) is 26.0 Å². The van der Waals surface area contributed by atoms with E-state index in [-0.39, 0.29) is 6.04 Å². The zero-order chi connectivity index (χ0) is 14.7. The molecule has 3 aromatic heterocycles. The second-order valence-corrected chi connectivity index (χ2v) is 5.00. The molecule has 108 valence electrons. The van der Waals surface area contributed by atoms with E-state index < -0.39 is 0 Å². The summed E-state index contributed by atoms with van der Waals surface area (Å²) >= 11 is 0. The molecule has 1 unspecified atom stereocenters. The molecule has 1 atom stereocenters. The van der Waals surface area contributed by atoms with Gasteiger partial charge in [0.15, 0.2) is 5.65 Å². The van der Waals surface area contributed by atoms with E-state index in [9.17, 15) is 0 Å². The lowest BCUT2D eigenvalue weighted by molar-refractivity contribution is 0.551. The van der Waals surface area contributed by atoms with Gasteiger partial charge < -0.3 is 5.32 Å². The van der Waals surface area contributed by atoms with E-state index in [0.29, 0.717) is 0 Å². The number of pyridine rings is 1. The highest BCUT2D eigenvalue weighted by Gasteiger charge is 2.10. The summed E-state index contributed by atoms with van der Waals surface area (Å²) in [6, 6.07) is 6.07. The summed E-state index contributed by atoms with van der Waals surface area (Å²) in [4.78, 5) is 8.66. The predicted octanol–water partition coefficient (Wildman–Crippen LogP) is 1.72. The fourth-order valence-electron chi connectivity index (χ4n) is 2.40. The minimum Gasteiger partial charge on any atom is -0.308 e. The van der Waals surface area contributed by atoms with E-state index in [0.717, 1.165) is 35.8 Å². The maximum absolute atomic E-state index is 4.39. The molecule has 0 bridgehead atoms. The number of aryl methyl sites for hydroxylation is 1. The molecule has 0 amide bonds. The lowest BCUT2D eigenvalue weighted by Crippen LogP contribution is -2.23. The molecule has 6 heteroatoms. The summed E-state index contributed by atoms with van der Waals surface area (Å²) in [5.74, 6) is 0.959. The third-order valence-corrected chi connectivity index (χ3v) is 3.51. The molecule has 3 aromatic rings. The summed E-state index contributed by atoms with van der Waals surface area (Å²) in [5, 5.41) is 11.8. The number of nitrogens with one attached hydrogen (secondary N) is 1. The fraction of sp³-hybridized carbons (Fsp3) is 0.333. The Morgan fingerprint density at radius 2 is 2.05 bits per heavy atom. The van der Waals surface area contributed by atoms with Gasteiger partial charge in [0.25, 0.3) is 0 Å². The summed E-state index contributed by atoms with van der Waals surface area (Å²) < 4.78 is 2.01. The fourth-order valence-corrected chi connectivity index (χ4v) is 2.40. The lowest BCUT2D eigenvalue weighted by Gasteiger charge is -2.14. The van der Waals surface area contributed by atoms with Crippen LogP contribution < -0.4 is 5.32 Å². The molecule has 3 rings (SSSR count). The van der Waals surface area contributed by atoms with Crippen LogP contribution in [0.3, 0.4) is 0 Å². The molecule has 0 saturated heterocycles. The van der Waals surface area contributed by atoms with Gasteiger partial charge in [0.2, 0.25) is 0 Å². The Morgan fingerprint density at radius 1 is 1.19 bits per heavy atom. The number of nitrogens with zero attached hydrogens (tertiary/aromatic N) is 5. The van der Waals surface area contributed by atoms with Gasteiger partial charge in [-0.2, -0.15) is 0 Å². The number of rotatable bonds is 5. The van der Waals surface area contributed by atoms with Crippen LogP contribution in [0, 0.1) is 6.92 Å². The van der Waals surface area contributed by atoms with Crippen LogP contribution in [0.1, 0.15) is 30.2 Å². The maximum Gasteiger partial charge on any atom is 0.160 e. The molecule has 3 heterocycles. The van der Waals surface area contributed by atoms with Crippen molar-refractivity contribution in [2.45, 2.75) is 26.3 Å². The molecular formula is C15H18N6. The first-order valence-corrected chi connectivity index (χ1v) is 7.05. The van der Waals surface area contributed by atoms with Crippen molar-refractivity contribution in [3.05, 3.63) is 54.0 Å². The molecule has 0 spiro atoms. The number of hydrogen-bond donors (Lipinski definition) is 1. The van der Waals surface area contributed by atoms with Gasteiger partial charge in [-0.1, -0.05) is 6.07 Å². The molecule has 0 aliphatic heterocycles. The smallest absolute Gasteiger partial charge is 0.160 e. The van der Waals surface area contributed by atoms with Crippen LogP contribution in [-0.2, 0) is 6.42 Å². The minimum atomic E-state index is 0.165. The normalized spacial score (nSPS) is 12.7. The van der Waals surface area contributed by atoms with Crippen LogP contribution in [0.25, 0.3) is 5.65 Å². The van der Waals surface area contributed by atoms with Crippen molar-refractivity contribution < 1.29 is 0 Å². The van der Waals surface area contributed by atoms with Crippen LogP contribution in [-0.4, -0.2) is 31.1 Å². The Balaban J connectivity index is 1.62. The van der Waals surface area contributed by atoms with Gasteiger partial charge >= 0.3 is 0 Å². The van der Waals surface area contributed by atoms with Crippen LogP contribution >= 0.6 is 0 Å². The quantitative estimate of drug-likeness (QED) is 0.771. The summed E-state index contributed by atoms with van der Waals surface area (Å²) in [7, 11) is 0. The first-order valence-electron chi connectivity index (χ1n) is 7.05. The number of fused-ring (bicyclic) bond motifs is 1. The predicted molar refractivity (Wildman–Crippen MR) is 79.9 cm³/mol. The van der Waals surface area contributed by atoms with Gasteiger partial charge in [0.05, 0.1) is 11.4 Å². The molecule has 0 aromatic carbocycles. The van der Waals surface area contributed by atoms with E-state index in [1.807, 2.05) is 35.7 Å². The van der Waals surface area contributed by atoms with Crippen molar-refractivity contribution in [3.63, 3.8) is 0 Å².